The summed E-state index contributed by atoms with van der Waals surface area (Å²) in [7, 11) is 0. The monoisotopic (exact) mass is 373 g/mol. The first-order valence-electron chi connectivity index (χ1n) is 8.86. The minimum atomic E-state index is -4.41. The van der Waals surface area contributed by atoms with Crippen LogP contribution in [0.3, 0.4) is 0 Å². The van der Waals surface area contributed by atoms with Gasteiger partial charge < -0.3 is 5.11 Å². The lowest BCUT2D eigenvalue weighted by molar-refractivity contribution is -0.137. The number of aliphatic hydroxyl groups excluding tert-OH is 1. The summed E-state index contributed by atoms with van der Waals surface area (Å²) >= 11 is 0. The Labute approximate surface area is 157 Å². The maximum Gasteiger partial charge on any atom is 0.416 e. The molecule has 0 aromatic heterocycles. The summed E-state index contributed by atoms with van der Waals surface area (Å²) < 4.78 is 40.0. The van der Waals surface area contributed by atoms with Gasteiger partial charge in [-0.3, -0.25) is 4.99 Å². The first-order chi connectivity index (χ1) is 12.8. The number of halogens is 3. The molecular weight excluding hydrogens is 351 g/mol. The van der Waals surface area contributed by atoms with Crippen molar-refractivity contribution in [3.63, 3.8) is 0 Å². The Bertz CT molecular complexity index is 830. The van der Waals surface area contributed by atoms with Crippen LogP contribution in [-0.2, 0) is 18.0 Å². The zero-order valence-electron chi connectivity index (χ0n) is 15.1. The van der Waals surface area contributed by atoms with Gasteiger partial charge in [-0.2, -0.15) is 13.2 Å². The Balaban J connectivity index is 2.16. The van der Waals surface area contributed by atoms with Crippen molar-refractivity contribution >= 4 is 6.21 Å². The van der Waals surface area contributed by atoms with Gasteiger partial charge in [0.2, 0.25) is 0 Å². The highest BCUT2D eigenvalue weighted by atomic mass is 19.4. The summed E-state index contributed by atoms with van der Waals surface area (Å²) in [5.41, 5.74) is -0.683. The molecule has 2 nitrogen and oxygen atoms in total. The minimum absolute atomic E-state index is 0.106. The van der Waals surface area contributed by atoms with Gasteiger partial charge in [0.15, 0.2) is 0 Å². The van der Waals surface area contributed by atoms with E-state index in [-0.39, 0.29) is 6.61 Å². The highest BCUT2D eigenvalue weighted by Crippen LogP contribution is 2.46. The van der Waals surface area contributed by atoms with Crippen LogP contribution in [0.2, 0.25) is 0 Å². The van der Waals surface area contributed by atoms with Crippen LogP contribution in [-0.4, -0.2) is 23.5 Å². The smallest absolute Gasteiger partial charge is 0.396 e. The number of alkyl halides is 3. The fourth-order valence-electron chi connectivity index (χ4n) is 3.89. The summed E-state index contributed by atoms with van der Waals surface area (Å²) in [5.74, 6) is 0. The molecule has 0 fully saturated rings. The lowest BCUT2D eigenvalue weighted by Gasteiger charge is -2.44. The van der Waals surface area contributed by atoms with Crippen LogP contribution >= 0.6 is 0 Å². The van der Waals surface area contributed by atoms with Gasteiger partial charge in [0, 0.05) is 24.7 Å². The average Bonchev–Trinajstić information content (AvgIpc) is 3.12. The Hall–Kier alpha value is -2.40. The Kier molecular flexibility index (Phi) is 5.24. The van der Waals surface area contributed by atoms with Crippen molar-refractivity contribution in [2.45, 2.75) is 36.9 Å². The molecule has 0 amide bonds. The highest BCUT2D eigenvalue weighted by molar-refractivity contribution is 5.76. The van der Waals surface area contributed by atoms with Crippen LogP contribution in [0, 0.1) is 0 Å². The van der Waals surface area contributed by atoms with E-state index in [1.807, 2.05) is 43.3 Å². The third-order valence-corrected chi connectivity index (χ3v) is 5.44. The average molecular weight is 373 g/mol. The molecule has 3 rings (SSSR count). The third-order valence-electron chi connectivity index (χ3n) is 5.44. The van der Waals surface area contributed by atoms with Gasteiger partial charge in [-0.15, -0.1) is 0 Å². The molecule has 0 aliphatic carbocycles. The lowest BCUT2D eigenvalue weighted by atomic mass is 9.62. The zero-order valence-corrected chi connectivity index (χ0v) is 15.1. The maximum absolute atomic E-state index is 13.3. The van der Waals surface area contributed by atoms with Crippen molar-refractivity contribution in [1.29, 1.82) is 0 Å². The quantitative estimate of drug-likeness (QED) is 0.762. The number of allylic oxidation sites excluding steroid dienone is 1. The molecule has 0 radical (unpaired) electrons. The number of aliphatic hydroxyl groups is 1. The molecule has 1 N–H and O–H groups in total. The van der Waals surface area contributed by atoms with Gasteiger partial charge >= 0.3 is 6.18 Å². The summed E-state index contributed by atoms with van der Waals surface area (Å²) in [4.78, 5) is 4.62. The second-order valence-electron chi connectivity index (χ2n) is 7.11. The van der Waals surface area contributed by atoms with E-state index in [1.165, 1.54) is 12.1 Å². The largest absolute Gasteiger partial charge is 0.416 e. The fourth-order valence-corrected chi connectivity index (χ4v) is 3.89. The number of aliphatic imine (C=N–C) groups is 1. The molecule has 2 aromatic carbocycles. The van der Waals surface area contributed by atoms with E-state index in [9.17, 15) is 18.3 Å². The number of hydrogen-bond acceptors (Lipinski definition) is 2. The van der Waals surface area contributed by atoms with Crippen LogP contribution < -0.4 is 0 Å². The van der Waals surface area contributed by atoms with Crippen LogP contribution in [0.1, 0.15) is 30.0 Å². The molecule has 0 saturated carbocycles. The van der Waals surface area contributed by atoms with Crippen molar-refractivity contribution in [3.8, 4) is 0 Å². The first kappa shape index (κ1) is 19.4. The second-order valence-corrected chi connectivity index (χ2v) is 7.11. The molecule has 0 saturated heterocycles. The maximum atomic E-state index is 13.3. The van der Waals surface area contributed by atoms with Crippen LogP contribution in [0.4, 0.5) is 13.2 Å². The standard InChI is InChI=1S/C22H22F3NO/c1-20(16-17-7-3-2-4-8-17,21(12-14-27)11-6-13-26-21)18-9-5-10-19(15-18)22(23,24)25/h2-11,13,15,27H,12,14,16H2,1H3. The number of nitrogens with zero attached hydrogens (tertiary/aromatic N) is 1. The lowest BCUT2D eigenvalue weighted by Crippen LogP contribution is -2.48. The topological polar surface area (TPSA) is 32.6 Å². The summed E-state index contributed by atoms with van der Waals surface area (Å²) in [5, 5.41) is 9.66. The van der Waals surface area contributed by atoms with Crippen molar-refractivity contribution in [1.82, 2.24) is 0 Å². The Morgan fingerprint density at radius 3 is 2.30 bits per heavy atom. The molecule has 1 aliphatic heterocycles. The molecule has 0 spiro atoms. The second kappa shape index (κ2) is 7.31. The Morgan fingerprint density at radius 1 is 1.00 bits per heavy atom. The van der Waals surface area contributed by atoms with Crippen LogP contribution in [0.15, 0.2) is 71.7 Å². The molecule has 2 atom stereocenters. The molecular formula is C22H22F3NO. The van der Waals surface area contributed by atoms with Crippen LogP contribution in [0.5, 0.6) is 0 Å². The van der Waals surface area contributed by atoms with Gasteiger partial charge in [-0.1, -0.05) is 61.5 Å². The molecule has 0 bridgehead atoms. The SMILES string of the molecule is CC(Cc1ccccc1)(c1cccc(C(F)(F)F)c1)C1(CCO)C=CC=N1. The van der Waals surface area contributed by atoms with Crippen LogP contribution in [0.25, 0.3) is 0 Å². The molecule has 1 heterocycles. The van der Waals surface area contributed by atoms with Gasteiger partial charge in [-0.25, -0.2) is 0 Å². The van der Waals surface area contributed by atoms with E-state index in [1.54, 1.807) is 18.4 Å². The molecule has 27 heavy (non-hydrogen) atoms. The Morgan fingerprint density at radius 2 is 1.70 bits per heavy atom. The van der Waals surface area contributed by atoms with E-state index < -0.39 is 22.7 Å². The summed E-state index contributed by atoms with van der Waals surface area (Å²) in [6.07, 6.45) is 1.77. The molecule has 1 aliphatic rings. The van der Waals surface area contributed by atoms with Crippen molar-refractivity contribution in [2.24, 2.45) is 4.99 Å². The van der Waals surface area contributed by atoms with Crippen molar-refractivity contribution in [2.75, 3.05) is 6.61 Å². The van der Waals surface area contributed by atoms with E-state index in [0.29, 0.717) is 18.4 Å². The summed E-state index contributed by atoms with van der Waals surface area (Å²) in [6, 6.07) is 15.1. The molecule has 2 unspecified atom stereocenters. The van der Waals surface area contributed by atoms with E-state index in [0.717, 1.165) is 11.6 Å². The van der Waals surface area contributed by atoms with Gasteiger partial charge in [0.05, 0.1) is 11.1 Å². The van der Waals surface area contributed by atoms with Crippen molar-refractivity contribution < 1.29 is 18.3 Å². The number of benzene rings is 2. The predicted molar refractivity (Wildman–Crippen MR) is 101 cm³/mol. The van der Waals surface area contributed by atoms with E-state index in [4.69, 9.17) is 0 Å². The fraction of sp³-hybridized carbons (Fsp3) is 0.318. The molecule has 2 aromatic rings. The molecule has 5 heteroatoms. The van der Waals surface area contributed by atoms with E-state index >= 15 is 0 Å². The number of hydrogen-bond donors (Lipinski definition) is 1. The van der Waals surface area contributed by atoms with Gasteiger partial charge in [0.25, 0.3) is 0 Å². The normalized spacial score (nSPS) is 21.4. The third kappa shape index (κ3) is 3.69. The molecule has 142 valence electrons. The predicted octanol–water partition coefficient (Wildman–Crippen LogP) is 4.97. The zero-order chi connectivity index (χ0) is 19.5. The summed E-state index contributed by atoms with van der Waals surface area (Å²) in [6.45, 7) is 1.82. The minimum Gasteiger partial charge on any atom is -0.396 e. The highest BCUT2D eigenvalue weighted by Gasteiger charge is 2.48. The number of rotatable bonds is 6. The van der Waals surface area contributed by atoms with Crippen molar-refractivity contribution in [3.05, 3.63) is 83.4 Å². The van der Waals surface area contributed by atoms with Gasteiger partial charge in [-0.05, 0) is 29.7 Å². The first-order valence-corrected chi connectivity index (χ1v) is 8.86. The van der Waals surface area contributed by atoms with E-state index in [2.05, 4.69) is 4.99 Å². The van der Waals surface area contributed by atoms with Gasteiger partial charge in [0.1, 0.15) is 0 Å².